The molecule has 0 radical (unpaired) electrons. The van der Waals surface area contributed by atoms with E-state index in [0.717, 1.165) is 5.56 Å². The lowest BCUT2D eigenvalue weighted by atomic mass is 9.74. The number of aliphatic hydroxyl groups is 1. The van der Waals surface area contributed by atoms with Gasteiger partial charge in [-0.3, -0.25) is 4.79 Å². The topological polar surface area (TPSA) is 83.0 Å². The second-order valence-electron chi connectivity index (χ2n) is 10.9. The van der Waals surface area contributed by atoms with Gasteiger partial charge in [-0.2, -0.15) is 13.2 Å². The number of carbonyl (C=O) groups excluding carboxylic acids is 1. The zero-order valence-corrected chi connectivity index (χ0v) is 22.8. The van der Waals surface area contributed by atoms with Gasteiger partial charge in [0.2, 0.25) is 0 Å². The lowest BCUT2D eigenvalue weighted by Crippen LogP contribution is -2.53. The van der Waals surface area contributed by atoms with Gasteiger partial charge in [-0.05, 0) is 53.6 Å². The number of nitrogens with one attached hydrogen (secondary N) is 2. The molecule has 0 saturated heterocycles. The first kappa shape index (κ1) is 29.1. The van der Waals surface area contributed by atoms with Crippen LogP contribution in [0, 0.1) is 0 Å². The van der Waals surface area contributed by atoms with Gasteiger partial charge in [-0.15, -0.1) is 0 Å². The fourth-order valence-electron chi connectivity index (χ4n) is 4.90. The predicted molar refractivity (Wildman–Crippen MR) is 151 cm³/mol. The zero-order chi connectivity index (χ0) is 29.0. The second-order valence-corrected chi connectivity index (χ2v) is 10.9. The summed E-state index contributed by atoms with van der Waals surface area (Å²) in [6.45, 7) is 4.83. The molecule has 1 unspecified atom stereocenters. The van der Waals surface area contributed by atoms with Crippen molar-refractivity contribution >= 4 is 22.9 Å². The Morgan fingerprint density at radius 2 is 1.77 bits per heavy atom. The molecule has 0 aliphatic carbocycles. The first-order valence-corrected chi connectivity index (χ1v) is 13.1. The Balaban J connectivity index is 1.51. The van der Waals surface area contributed by atoms with Crippen molar-refractivity contribution in [2.75, 3.05) is 23.7 Å². The molecule has 0 fully saturated rings. The molecule has 0 spiro atoms. The molecule has 6 nitrogen and oxygen atoms in total. The first-order chi connectivity index (χ1) is 18.9. The third kappa shape index (κ3) is 6.83. The Bertz CT molecular complexity index is 1370. The van der Waals surface area contributed by atoms with Gasteiger partial charge in [0, 0.05) is 23.4 Å². The lowest BCUT2D eigenvalue weighted by molar-refractivity contribution is -0.260. The van der Waals surface area contributed by atoms with Crippen LogP contribution in [0.2, 0.25) is 0 Å². The van der Waals surface area contributed by atoms with Gasteiger partial charge in [0.25, 0.3) is 0 Å². The summed E-state index contributed by atoms with van der Waals surface area (Å²) in [5.74, 6) is -0.0573. The van der Waals surface area contributed by atoms with Gasteiger partial charge in [0.15, 0.2) is 11.4 Å². The summed E-state index contributed by atoms with van der Waals surface area (Å²) in [6.07, 6.45) is -5.38. The number of oxime groups is 1. The fraction of sp³-hybridized carbons (Fsp3) is 0.355. The van der Waals surface area contributed by atoms with E-state index in [4.69, 9.17) is 4.84 Å². The first-order valence-electron chi connectivity index (χ1n) is 13.1. The van der Waals surface area contributed by atoms with E-state index in [1.807, 2.05) is 36.4 Å². The zero-order valence-electron chi connectivity index (χ0n) is 22.8. The summed E-state index contributed by atoms with van der Waals surface area (Å²) in [5, 5.41) is 21.0. The van der Waals surface area contributed by atoms with Gasteiger partial charge < -0.3 is 20.6 Å². The van der Waals surface area contributed by atoms with E-state index in [-0.39, 0.29) is 18.7 Å². The number of Topliss-reactive ketones (excluding diaryl/α,β-unsaturated/α-hetero) is 1. The normalized spacial score (nSPS) is 15.6. The van der Waals surface area contributed by atoms with Crippen molar-refractivity contribution in [1.82, 2.24) is 0 Å². The average Bonchev–Trinajstić information content (AvgIpc) is 2.91. The molecule has 3 N–H and O–H groups in total. The van der Waals surface area contributed by atoms with Crippen LogP contribution < -0.4 is 10.6 Å². The Morgan fingerprint density at radius 3 is 2.50 bits per heavy atom. The van der Waals surface area contributed by atoms with Gasteiger partial charge in [-0.1, -0.05) is 73.6 Å². The van der Waals surface area contributed by atoms with Crippen molar-refractivity contribution in [2.24, 2.45) is 5.16 Å². The maximum Gasteiger partial charge on any atom is 0.418 e. The summed E-state index contributed by atoms with van der Waals surface area (Å²) in [6, 6.07) is 21.8. The van der Waals surface area contributed by atoms with E-state index >= 15 is 0 Å². The maximum atomic E-state index is 14.3. The number of hydrogen-bond donors (Lipinski definition) is 3. The highest BCUT2D eigenvalue weighted by Gasteiger charge is 2.56. The van der Waals surface area contributed by atoms with Crippen LogP contribution in [-0.2, 0) is 28.1 Å². The van der Waals surface area contributed by atoms with Crippen molar-refractivity contribution in [2.45, 2.75) is 57.4 Å². The molecule has 1 atom stereocenters. The van der Waals surface area contributed by atoms with E-state index in [9.17, 15) is 23.1 Å². The molecular weight excluding hydrogens is 519 g/mol. The van der Waals surface area contributed by atoms with E-state index in [1.165, 1.54) is 0 Å². The molecule has 3 aromatic carbocycles. The smallest absolute Gasteiger partial charge is 0.391 e. The molecule has 0 amide bonds. The van der Waals surface area contributed by atoms with E-state index < -0.39 is 30.2 Å². The number of carbonyl (C=O) groups is 1. The van der Waals surface area contributed by atoms with Gasteiger partial charge in [0.1, 0.15) is 6.61 Å². The SMILES string of the molecule is CC(=NOCc1ccccc1)c1cccc(C(C)(C)CC(O)(CNc2cccc3c2CC(=O)CN3)C(F)(F)F)c1. The van der Waals surface area contributed by atoms with Crippen LogP contribution in [0.3, 0.4) is 0 Å². The van der Waals surface area contributed by atoms with Crippen LogP contribution >= 0.6 is 0 Å². The largest absolute Gasteiger partial charge is 0.418 e. The quantitative estimate of drug-likeness (QED) is 0.205. The Kier molecular flexibility index (Phi) is 8.54. The standard InChI is InChI=1S/C31H34F3N3O3/c1-21(37-40-18-22-9-5-4-6-10-22)23-11-7-12-24(15-23)29(2,3)19-30(39,31(32,33)34)20-36-28-14-8-13-27-26(28)16-25(38)17-35-27/h4-15,35-36,39H,16-20H2,1-3H3. The predicted octanol–water partition coefficient (Wildman–Crippen LogP) is 6.24. The third-order valence-corrected chi connectivity index (χ3v) is 7.20. The number of anilines is 2. The third-order valence-electron chi connectivity index (χ3n) is 7.20. The highest BCUT2D eigenvalue weighted by molar-refractivity contribution is 5.98. The van der Waals surface area contributed by atoms with E-state index in [2.05, 4.69) is 15.8 Å². The minimum Gasteiger partial charge on any atom is -0.391 e. The summed E-state index contributed by atoms with van der Waals surface area (Å²) >= 11 is 0. The van der Waals surface area contributed by atoms with Crippen LogP contribution in [0.1, 0.15) is 49.4 Å². The molecule has 1 aliphatic heterocycles. The van der Waals surface area contributed by atoms with Crippen molar-refractivity contribution in [3.8, 4) is 0 Å². The van der Waals surface area contributed by atoms with E-state index in [0.29, 0.717) is 40.4 Å². The molecule has 40 heavy (non-hydrogen) atoms. The molecule has 1 aliphatic rings. The molecule has 3 aromatic rings. The minimum atomic E-state index is -4.90. The summed E-state index contributed by atoms with van der Waals surface area (Å²) < 4.78 is 43.0. The number of rotatable bonds is 10. The maximum absolute atomic E-state index is 14.3. The van der Waals surface area contributed by atoms with Crippen molar-refractivity contribution < 1.29 is 27.9 Å². The Hall–Kier alpha value is -3.85. The van der Waals surface area contributed by atoms with Crippen LogP contribution in [0.5, 0.6) is 0 Å². The summed E-state index contributed by atoms with van der Waals surface area (Å²) in [4.78, 5) is 17.4. The van der Waals surface area contributed by atoms with Crippen LogP contribution in [0.4, 0.5) is 24.5 Å². The molecular formula is C31H34F3N3O3. The fourth-order valence-corrected chi connectivity index (χ4v) is 4.90. The number of nitrogens with zero attached hydrogens (tertiary/aromatic N) is 1. The molecule has 1 heterocycles. The lowest BCUT2D eigenvalue weighted by Gasteiger charge is -2.38. The van der Waals surface area contributed by atoms with Crippen LogP contribution in [0.15, 0.2) is 78.0 Å². The summed E-state index contributed by atoms with van der Waals surface area (Å²) in [5.41, 5.74) is 0.470. The summed E-state index contributed by atoms with van der Waals surface area (Å²) in [7, 11) is 0. The Morgan fingerprint density at radius 1 is 1.05 bits per heavy atom. The Labute approximate surface area is 232 Å². The highest BCUT2D eigenvalue weighted by atomic mass is 19.4. The molecule has 0 aromatic heterocycles. The number of benzene rings is 3. The molecule has 212 valence electrons. The number of fused-ring (bicyclic) bond motifs is 1. The molecule has 0 saturated carbocycles. The minimum absolute atomic E-state index is 0.0573. The number of hydrogen-bond acceptors (Lipinski definition) is 6. The second kappa shape index (κ2) is 11.7. The van der Waals surface area contributed by atoms with Gasteiger partial charge in [0.05, 0.1) is 18.8 Å². The molecule has 0 bridgehead atoms. The number of halogens is 3. The van der Waals surface area contributed by atoms with Gasteiger partial charge >= 0.3 is 6.18 Å². The monoisotopic (exact) mass is 553 g/mol. The van der Waals surface area contributed by atoms with Crippen LogP contribution in [0.25, 0.3) is 0 Å². The van der Waals surface area contributed by atoms with E-state index in [1.54, 1.807) is 57.2 Å². The van der Waals surface area contributed by atoms with Crippen molar-refractivity contribution in [3.63, 3.8) is 0 Å². The average molecular weight is 554 g/mol. The highest BCUT2D eigenvalue weighted by Crippen LogP contribution is 2.42. The van der Waals surface area contributed by atoms with Gasteiger partial charge in [-0.25, -0.2) is 0 Å². The van der Waals surface area contributed by atoms with Crippen LogP contribution in [-0.4, -0.2) is 41.5 Å². The van der Waals surface area contributed by atoms with Crippen molar-refractivity contribution in [1.29, 1.82) is 0 Å². The van der Waals surface area contributed by atoms with Crippen molar-refractivity contribution in [3.05, 3.63) is 95.1 Å². The molecule has 9 heteroatoms. The molecule has 4 rings (SSSR count). The number of ketones is 1. The number of alkyl halides is 3.